The summed E-state index contributed by atoms with van der Waals surface area (Å²) >= 11 is 4.72. The molecule has 0 N–H and O–H groups in total. The largest absolute Gasteiger partial charge is 0.375 e. The number of fused-ring (bicyclic) bond motifs is 1. The normalized spacial score (nSPS) is 18.4. The molecule has 1 aliphatic heterocycles. The molecule has 0 unspecified atom stereocenters. The van der Waals surface area contributed by atoms with Crippen molar-refractivity contribution in [3.8, 4) is 0 Å². The van der Waals surface area contributed by atoms with Gasteiger partial charge in [0.05, 0.1) is 22.3 Å². The monoisotopic (exact) mass is 486 g/mol. The number of ketones is 1. The Kier molecular flexibility index (Phi) is 6.14. The van der Waals surface area contributed by atoms with Crippen LogP contribution in [0.3, 0.4) is 0 Å². The summed E-state index contributed by atoms with van der Waals surface area (Å²) in [5.74, 6) is 0.229. The van der Waals surface area contributed by atoms with E-state index in [-0.39, 0.29) is 28.7 Å². The first-order valence-corrected chi connectivity index (χ1v) is 11.7. The van der Waals surface area contributed by atoms with Gasteiger partial charge in [-0.2, -0.15) is 0 Å². The Morgan fingerprint density at radius 3 is 2.70 bits per heavy atom. The second kappa shape index (κ2) is 8.65. The average Bonchev–Trinajstić information content (AvgIpc) is 2.72. The predicted octanol–water partition coefficient (Wildman–Crippen LogP) is 5.26. The third-order valence-corrected chi connectivity index (χ3v) is 6.79. The summed E-state index contributed by atoms with van der Waals surface area (Å²) in [6, 6.07) is 14.7. The molecule has 1 saturated heterocycles. The van der Waals surface area contributed by atoms with Gasteiger partial charge in [-0.25, -0.2) is 4.98 Å². The number of nitrogens with zero attached hydrogens (tertiary/aromatic N) is 2. The molecule has 2 heterocycles. The van der Waals surface area contributed by atoms with Crippen molar-refractivity contribution in [3.63, 3.8) is 0 Å². The van der Waals surface area contributed by atoms with Gasteiger partial charge in [0, 0.05) is 22.7 Å². The van der Waals surface area contributed by atoms with Crippen LogP contribution < -0.4 is 5.56 Å². The molecular formula is C23H23BrN2O3S. The summed E-state index contributed by atoms with van der Waals surface area (Å²) in [6.45, 7) is 4.68. The van der Waals surface area contributed by atoms with Crippen molar-refractivity contribution >= 4 is 44.4 Å². The van der Waals surface area contributed by atoms with E-state index in [1.165, 1.54) is 11.8 Å². The summed E-state index contributed by atoms with van der Waals surface area (Å²) in [4.78, 5) is 30.9. The number of hydrogen-bond acceptors (Lipinski definition) is 5. The van der Waals surface area contributed by atoms with Crippen LogP contribution >= 0.6 is 27.7 Å². The number of thioether (sulfide) groups is 1. The van der Waals surface area contributed by atoms with Gasteiger partial charge in [0.25, 0.3) is 5.56 Å². The number of carbonyl (C=O) groups excluding carboxylic acids is 1. The van der Waals surface area contributed by atoms with Crippen molar-refractivity contribution in [1.29, 1.82) is 0 Å². The Labute approximate surface area is 188 Å². The minimum atomic E-state index is -0.302. The molecule has 1 aromatic heterocycles. The molecule has 0 saturated carbocycles. The minimum Gasteiger partial charge on any atom is -0.375 e. The second-order valence-electron chi connectivity index (χ2n) is 8.06. The first kappa shape index (κ1) is 21.3. The van der Waals surface area contributed by atoms with Crippen LogP contribution in [-0.4, -0.2) is 33.3 Å². The number of halogens is 1. The molecule has 2 aromatic carbocycles. The highest BCUT2D eigenvalue weighted by Crippen LogP contribution is 2.34. The summed E-state index contributed by atoms with van der Waals surface area (Å²) in [6.07, 6.45) is 1.47. The molecule has 3 aromatic rings. The topological polar surface area (TPSA) is 61.2 Å². The van der Waals surface area contributed by atoms with Gasteiger partial charge < -0.3 is 4.74 Å². The zero-order valence-corrected chi connectivity index (χ0v) is 19.3. The summed E-state index contributed by atoms with van der Waals surface area (Å²) in [5.41, 5.74) is 0.946. The summed E-state index contributed by atoms with van der Waals surface area (Å²) < 4.78 is 8.56. The third kappa shape index (κ3) is 4.53. The van der Waals surface area contributed by atoms with Crippen molar-refractivity contribution < 1.29 is 9.53 Å². The van der Waals surface area contributed by atoms with Gasteiger partial charge in [0.2, 0.25) is 0 Å². The van der Waals surface area contributed by atoms with Crippen molar-refractivity contribution in [2.45, 2.75) is 43.5 Å². The fourth-order valence-electron chi connectivity index (χ4n) is 3.82. The van der Waals surface area contributed by atoms with Crippen molar-refractivity contribution in [2.75, 3.05) is 12.4 Å². The quantitative estimate of drug-likeness (QED) is 0.279. The van der Waals surface area contributed by atoms with Crippen molar-refractivity contribution in [2.24, 2.45) is 0 Å². The molecule has 7 heteroatoms. The van der Waals surface area contributed by atoms with Crippen LogP contribution in [0.15, 0.2) is 63.0 Å². The molecule has 0 spiro atoms. The Hall–Kier alpha value is -1.96. The molecule has 1 atom stereocenters. The number of rotatable bonds is 5. The van der Waals surface area contributed by atoms with E-state index in [0.717, 1.165) is 17.3 Å². The minimum absolute atomic E-state index is 0.00812. The third-order valence-electron chi connectivity index (χ3n) is 5.31. The number of aromatic nitrogens is 2. The average molecular weight is 487 g/mol. The molecule has 0 amide bonds. The lowest BCUT2D eigenvalue weighted by atomic mass is 9.93. The lowest BCUT2D eigenvalue weighted by Crippen LogP contribution is -2.39. The maximum Gasteiger partial charge on any atom is 0.262 e. The maximum absolute atomic E-state index is 13.4. The summed E-state index contributed by atoms with van der Waals surface area (Å²) in [7, 11) is 0. The Bertz CT molecular complexity index is 1140. The molecule has 0 aliphatic carbocycles. The van der Waals surface area contributed by atoms with Gasteiger partial charge in [-0.3, -0.25) is 14.2 Å². The number of hydrogen-bond donors (Lipinski definition) is 0. The smallest absolute Gasteiger partial charge is 0.262 e. The predicted molar refractivity (Wildman–Crippen MR) is 124 cm³/mol. The van der Waals surface area contributed by atoms with E-state index in [9.17, 15) is 9.59 Å². The van der Waals surface area contributed by atoms with Gasteiger partial charge in [-0.1, -0.05) is 52.0 Å². The van der Waals surface area contributed by atoms with Gasteiger partial charge in [0.15, 0.2) is 10.9 Å². The van der Waals surface area contributed by atoms with Crippen LogP contribution in [0.4, 0.5) is 0 Å². The SMILES string of the molecule is CC1(C)C[C@@H](n2c(SCC(=O)c3ccc(Br)cc3)nc3ccccc3c2=O)CCO1. The molecule has 0 radical (unpaired) electrons. The number of ether oxygens (including phenoxy) is 1. The van der Waals surface area contributed by atoms with Gasteiger partial charge in [0.1, 0.15) is 0 Å². The molecule has 30 heavy (non-hydrogen) atoms. The highest BCUT2D eigenvalue weighted by molar-refractivity contribution is 9.10. The lowest BCUT2D eigenvalue weighted by Gasteiger charge is -2.36. The van der Waals surface area contributed by atoms with E-state index in [1.807, 2.05) is 50.2 Å². The van der Waals surface area contributed by atoms with E-state index in [0.29, 0.717) is 28.2 Å². The van der Waals surface area contributed by atoms with E-state index < -0.39 is 0 Å². The molecule has 4 rings (SSSR count). The maximum atomic E-state index is 13.4. The highest BCUT2D eigenvalue weighted by Gasteiger charge is 2.32. The zero-order chi connectivity index (χ0) is 21.3. The van der Waals surface area contributed by atoms with Crippen molar-refractivity contribution in [1.82, 2.24) is 9.55 Å². The second-order valence-corrected chi connectivity index (χ2v) is 9.92. The number of carbonyl (C=O) groups is 1. The molecule has 1 fully saturated rings. The number of benzene rings is 2. The molecule has 0 bridgehead atoms. The van der Waals surface area contributed by atoms with Gasteiger partial charge in [-0.05, 0) is 51.0 Å². The van der Waals surface area contributed by atoms with Gasteiger partial charge >= 0.3 is 0 Å². The first-order chi connectivity index (χ1) is 14.3. The van der Waals surface area contributed by atoms with E-state index in [4.69, 9.17) is 9.72 Å². The van der Waals surface area contributed by atoms with Gasteiger partial charge in [-0.15, -0.1) is 0 Å². The van der Waals surface area contributed by atoms with Crippen LogP contribution in [0.1, 0.15) is 43.1 Å². The zero-order valence-electron chi connectivity index (χ0n) is 16.9. The fraction of sp³-hybridized carbons (Fsp3) is 0.348. The van der Waals surface area contributed by atoms with Crippen LogP contribution in [0.5, 0.6) is 0 Å². The van der Waals surface area contributed by atoms with E-state index in [2.05, 4.69) is 15.9 Å². The number of para-hydroxylation sites is 1. The Morgan fingerprint density at radius 1 is 1.23 bits per heavy atom. The van der Waals surface area contributed by atoms with Crippen LogP contribution in [0, 0.1) is 0 Å². The fourth-order valence-corrected chi connectivity index (χ4v) is 5.04. The number of Topliss-reactive ketones (excluding diaryl/α,β-unsaturated/α-hetero) is 1. The Balaban J connectivity index is 1.69. The molecule has 1 aliphatic rings. The van der Waals surface area contributed by atoms with Crippen molar-refractivity contribution in [3.05, 3.63) is 68.9 Å². The molecule has 156 valence electrons. The van der Waals surface area contributed by atoms with Crippen LogP contribution in [0.25, 0.3) is 10.9 Å². The van der Waals surface area contributed by atoms with Crippen LogP contribution in [-0.2, 0) is 4.74 Å². The first-order valence-electron chi connectivity index (χ1n) is 9.91. The highest BCUT2D eigenvalue weighted by atomic mass is 79.9. The molecule has 5 nitrogen and oxygen atoms in total. The van der Waals surface area contributed by atoms with E-state index in [1.54, 1.807) is 16.7 Å². The standard InChI is InChI=1S/C23H23BrN2O3S/c1-23(2)13-17(11-12-29-23)26-21(28)18-5-3-4-6-19(18)25-22(26)30-14-20(27)15-7-9-16(24)10-8-15/h3-10,17H,11-14H2,1-2H3/t17-/m0/s1. The van der Waals surface area contributed by atoms with Crippen LogP contribution in [0.2, 0.25) is 0 Å². The Morgan fingerprint density at radius 2 is 1.97 bits per heavy atom. The van der Waals surface area contributed by atoms with E-state index >= 15 is 0 Å². The molecular weight excluding hydrogens is 464 g/mol. The summed E-state index contributed by atoms with van der Waals surface area (Å²) in [5, 5.41) is 1.19. The lowest BCUT2D eigenvalue weighted by molar-refractivity contribution is -0.0708.